The van der Waals surface area contributed by atoms with E-state index in [1.54, 1.807) is 17.0 Å². The van der Waals surface area contributed by atoms with Crippen molar-refractivity contribution in [3.05, 3.63) is 17.7 Å². The third kappa shape index (κ3) is 5.26. The number of nitrogens with zero attached hydrogens (tertiary/aromatic N) is 1. The van der Waals surface area contributed by atoms with E-state index in [0.29, 0.717) is 55.8 Å². The Labute approximate surface area is 159 Å². The molecule has 1 amide bonds. The smallest absolute Gasteiger partial charge is 0.305 e. The summed E-state index contributed by atoms with van der Waals surface area (Å²) < 4.78 is 22.3. The maximum atomic E-state index is 13.1. The normalized spacial score (nSPS) is 16.7. The molecule has 1 aliphatic heterocycles. The summed E-state index contributed by atoms with van der Waals surface area (Å²) in [4.78, 5) is 25.8. The Morgan fingerprint density at radius 1 is 1.11 bits per heavy atom. The summed E-state index contributed by atoms with van der Waals surface area (Å²) in [5.74, 6) is 0.0599. The van der Waals surface area contributed by atoms with Gasteiger partial charge in [-0.15, -0.1) is 0 Å². The summed E-state index contributed by atoms with van der Waals surface area (Å²) in [7, 11) is 0. The largest absolute Gasteiger partial charge is 0.490 e. The van der Waals surface area contributed by atoms with Gasteiger partial charge in [0.05, 0.1) is 45.5 Å². The highest BCUT2D eigenvalue weighted by molar-refractivity contribution is 5.96. The molecule has 1 heterocycles. The lowest BCUT2D eigenvalue weighted by atomic mass is 10.1. The SMILES string of the molecule is CCOc1cc(C(=O)N2CCOCC2CC(=O)O)cc(OCC)c1OCC. The molecule has 1 aromatic carbocycles. The Kier molecular flexibility index (Phi) is 7.72. The van der Waals surface area contributed by atoms with Crippen LogP contribution < -0.4 is 14.2 Å². The van der Waals surface area contributed by atoms with E-state index in [1.807, 2.05) is 20.8 Å². The van der Waals surface area contributed by atoms with Gasteiger partial charge in [-0.2, -0.15) is 0 Å². The van der Waals surface area contributed by atoms with E-state index in [4.69, 9.17) is 24.1 Å². The van der Waals surface area contributed by atoms with Crippen LogP contribution in [0.5, 0.6) is 17.2 Å². The van der Waals surface area contributed by atoms with Crippen LogP contribution in [0.4, 0.5) is 0 Å². The summed E-state index contributed by atoms with van der Waals surface area (Å²) in [6.07, 6.45) is -0.167. The molecule has 0 spiro atoms. The minimum Gasteiger partial charge on any atom is -0.490 e. The van der Waals surface area contributed by atoms with Gasteiger partial charge in [0.15, 0.2) is 11.5 Å². The van der Waals surface area contributed by atoms with Gasteiger partial charge in [-0.3, -0.25) is 9.59 Å². The molecule has 1 fully saturated rings. The van der Waals surface area contributed by atoms with E-state index < -0.39 is 12.0 Å². The summed E-state index contributed by atoms with van der Waals surface area (Å²) in [5.41, 5.74) is 0.364. The van der Waals surface area contributed by atoms with Crippen molar-refractivity contribution >= 4 is 11.9 Å². The first-order valence-electron chi connectivity index (χ1n) is 9.18. The van der Waals surface area contributed by atoms with E-state index in [9.17, 15) is 9.59 Å². The van der Waals surface area contributed by atoms with Gasteiger partial charge in [-0.05, 0) is 32.9 Å². The van der Waals surface area contributed by atoms with Crippen LogP contribution in [0.1, 0.15) is 37.6 Å². The predicted octanol–water partition coefficient (Wildman–Crippen LogP) is 2.20. The molecule has 8 heteroatoms. The zero-order valence-electron chi connectivity index (χ0n) is 16.0. The van der Waals surface area contributed by atoms with Gasteiger partial charge < -0.3 is 29.0 Å². The van der Waals surface area contributed by atoms with E-state index in [0.717, 1.165) is 0 Å². The van der Waals surface area contributed by atoms with E-state index in [-0.39, 0.29) is 18.9 Å². The fourth-order valence-corrected chi connectivity index (χ4v) is 2.97. The van der Waals surface area contributed by atoms with Crippen molar-refractivity contribution in [2.75, 3.05) is 39.6 Å². The van der Waals surface area contributed by atoms with Crippen LogP contribution in [-0.4, -0.2) is 67.5 Å². The molecular weight excluding hydrogens is 354 g/mol. The summed E-state index contributed by atoms with van der Waals surface area (Å²) in [6, 6.07) is 2.72. The monoisotopic (exact) mass is 381 g/mol. The van der Waals surface area contributed by atoms with Crippen molar-refractivity contribution in [1.82, 2.24) is 4.90 Å². The van der Waals surface area contributed by atoms with Crippen LogP contribution in [0, 0.1) is 0 Å². The molecule has 0 aliphatic carbocycles. The summed E-state index contributed by atoms with van der Waals surface area (Å²) in [5, 5.41) is 9.11. The minimum atomic E-state index is -0.972. The lowest BCUT2D eigenvalue weighted by Crippen LogP contribution is -2.49. The van der Waals surface area contributed by atoms with Crippen molar-refractivity contribution in [2.45, 2.75) is 33.2 Å². The first kappa shape index (κ1) is 20.8. The zero-order valence-corrected chi connectivity index (χ0v) is 16.0. The number of benzene rings is 1. The first-order chi connectivity index (χ1) is 13.0. The van der Waals surface area contributed by atoms with Gasteiger partial charge in [0.2, 0.25) is 5.75 Å². The van der Waals surface area contributed by atoms with Gasteiger partial charge >= 0.3 is 5.97 Å². The van der Waals surface area contributed by atoms with Crippen molar-refractivity contribution < 1.29 is 33.6 Å². The van der Waals surface area contributed by atoms with Crippen molar-refractivity contribution in [2.24, 2.45) is 0 Å². The molecule has 150 valence electrons. The van der Waals surface area contributed by atoms with E-state index in [2.05, 4.69) is 0 Å². The quantitative estimate of drug-likeness (QED) is 0.701. The van der Waals surface area contributed by atoms with Crippen LogP contribution in [0.2, 0.25) is 0 Å². The molecule has 1 unspecified atom stereocenters. The highest BCUT2D eigenvalue weighted by Crippen LogP contribution is 2.39. The summed E-state index contributed by atoms with van der Waals surface area (Å²) >= 11 is 0. The molecule has 1 N–H and O–H groups in total. The number of amides is 1. The molecule has 0 aromatic heterocycles. The van der Waals surface area contributed by atoms with Gasteiger partial charge in [-0.1, -0.05) is 0 Å². The van der Waals surface area contributed by atoms with Gasteiger partial charge in [0.25, 0.3) is 5.91 Å². The number of morpholine rings is 1. The Morgan fingerprint density at radius 3 is 2.22 bits per heavy atom. The Hall–Kier alpha value is -2.48. The third-order valence-corrected chi connectivity index (χ3v) is 4.05. The molecule has 27 heavy (non-hydrogen) atoms. The Bertz CT molecular complexity index is 634. The van der Waals surface area contributed by atoms with E-state index >= 15 is 0 Å². The lowest BCUT2D eigenvalue weighted by molar-refractivity contribution is -0.139. The molecule has 1 aliphatic rings. The highest BCUT2D eigenvalue weighted by Gasteiger charge is 2.31. The molecule has 8 nitrogen and oxygen atoms in total. The summed E-state index contributed by atoms with van der Waals surface area (Å²) in [6.45, 7) is 7.68. The highest BCUT2D eigenvalue weighted by atomic mass is 16.5. The number of carboxylic acid groups (broad SMARTS) is 1. The van der Waals surface area contributed by atoms with Crippen LogP contribution in [0.3, 0.4) is 0 Å². The fourth-order valence-electron chi connectivity index (χ4n) is 2.97. The average Bonchev–Trinajstić information content (AvgIpc) is 2.64. The molecular formula is C19H27NO7. The number of carbonyl (C=O) groups excluding carboxylic acids is 1. The van der Waals surface area contributed by atoms with Crippen molar-refractivity contribution in [1.29, 1.82) is 0 Å². The standard InChI is InChI=1S/C19H27NO7/c1-4-25-15-9-13(10-16(26-5-2)18(15)27-6-3)19(23)20-7-8-24-12-14(20)11-17(21)22/h9-10,14H,4-8,11-12H2,1-3H3,(H,21,22). The number of aliphatic carboxylic acids is 1. The fraction of sp³-hybridized carbons (Fsp3) is 0.579. The maximum absolute atomic E-state index is 13.1. The second-order valence-corrected chi connectivity index (χ2v) is 5.93. The zero-order chi connectivity index (χ0) is 19.8. The van der Waals surface area contributed by atoms with Gasteiger partial charge in [0, 0.05) is 12.1 Å². The number of ether oxygens (including phenoxy) is 4. The number of hydrogen-bond acceptors (Lipinski definition) is 6. The Balaban J connectivity index is 2.39. The minimum absolute atomic E-state index is 0.167. The topological polar surface area (TPSA) is 94.5 Å². The molecule has 0 bridgehead atoms. The van der Waals surface area contributed by atoms with E-state index in [1.165, 1.54) is 0 Å². The maximum Gasteiger partial charge on any atom is 0.305 e. The van der Waals surface area contributed by atoms with Crippen molar-refractivity contribution in [3.8, 4) is 17.2 Å². The van der Waals surface area contributed by atoms with Gasteiger partial charge in [0.1, 0.15) is 0 Å². The number of carboxylic acids is 1. The molecule has 0 radical (unpaired) electrons. The lowest BCUT2D eigenvalue weighted by Gasteiger charge is -2.35. The third-order valence-electron chi connectivity index (χ3n) is 4.05. The van der Waals surface area contributed by atoms with Crippen LogP contribution >= 0.6 is 0 Å². The first-order valence-corrected chi connectivity index (χ1v) is 9.18. The Morgan fingerprint density at radius 2 is 1.70 bits per heavy atom. The van der Waals surface area contributed by atoms with Gasteiger partial charge in [-0.25, -0.2) is 0 Å². The van der Waals surface area contributed by atoms with Crippen LogP contribution in [-0.2, 0) is 9.53 Å². The molecule has 1 saturated heterocycles. The number of hydrogen-bond donors (Lipinski definition) is 1. The second-order valence-electron chi connectivity index (χ2n) is 5.93. The number of rotatable bonds is 9. The molecule has 1 atom stereocenters. The van der Waals surface area contributed by atoms with Crippen LogP contribution in [0.25, 0.3) is 0 Å². The predicted molar refractivity (Wildman–Crippen MR) is 97.8 cm³/mol. The van der Waals surface area contributed by atoms with Crippen LogP contribution in [0.15, 0.2) is 12.1 Å². The van der Waals surface area contributed by atoms with Crippen molar-refractivity contribution in [3.63, 3.8) is 0 Å². The molecule has 2 rings (SSSR count). The molecule has 1 aromatic rings. The number of carbonyl (C=O) groups is 2. The average molecular weight is 381 g/mol. The molecule has 0 saturated carbocycles. The second kappa shape index (κ2) is 10.0.